The van der Waals surface area contributed by atoms with Gasteiger partial charge in [0.1, 0.15) is 0 Å². The summed E-state index contributed by atoms with van der Waals surface area (Å²) in [5, 5.41) is 19.7. The van der Waals surface area contributed by atoms with E-state index in [2.05, 4.69) is 15.5 Å². The van der Waals surface area contributed by atoms with Crippen molar-refractivity contribution in [1.82, 2.24) is 19.9 Å². The highest BCUT2D eigenvalue weighted by Gasteiger charge is 2.48. The van der Waals surface area contributed by atoms with E-state index in [9.17, 15) is 9.59 Å². The standard InChI is InChI=1S/C13H14N4O3/c1-7(14-12(18)8-6-9(8)13(19)20)11-16-15-10-4-2-3-5-17(10)11/h2-5,7-9H,6H2,1H3,(H,14,18)(H,19,20)/t7?,8-,9+/m1/s1. The Labute approximate surface area is 114 Å². The van der Waals surface area contributed by atoms with Crippen LogP contribution in [-0.2, 0) is 9.59 Å². The Bertz CT molecular complexity index is 681. The number of pyridine rings is 1. The number of hydrogen-bond acceptors (Lipinski definition) is 4. The first-order chi connectivity index (χ1) is 9.58. The van der Waals surface area contributed by atoms with E-state index in [1.807, 2.05) is 24.4 Å². The van der Waals surface area contributed by atoms with Gasteiger partial charge in [-0.3, -0.25) is 14.0 Å². The van der Waals surface area contributed by atoms with E-state index in [0.717, 1.165) is 0 Å². The molecule has 1 amide bonds. The van der Waals surface area contributed by atoms with E-state index in [4.69, 9.17) is 5.11 Å². The normalized spacial score (nSPS) is 22.4. The van der Waals surface area contributed by atoms with E-state index in [1.54, 1.807) is 11.3 Å². The summed E-state index contributed by atoms with van der Waals surface area (Å²) < 4.78 is 1.80. The molecular weight excluding hydrogens is 260 g/mol. The van der Waals surface area contributed by atoms with Crippen molar-refractivity contribution >= 4 is 17.5 Å². The van der Waals surface area contributed by atoms with Crippen LogP contribution < -0.4 is 5.32 Å². The van der Waals surface area contributed by atoms with Crippen molar-refractivity contribution in [3.63, 3.8) is 0 Å². The molecule has 2 aromatic rings. The second-order valence-electron chi connectivity index (χ2n) is 5.00. The van der Waals surface area contributed by atoms with E-state index in [-0.39, 0.29) is 11.9 Å². The lowest BCUT2D eigenvalue weighted by Crippen LogP contribution is -2.30. The van der Waals surface area contributed by atoms with Crippen LogP contribution in [0, 0.1) is 11.8 Å². The Balaban J connectivity index is 1.72. The topological polar surface area (TPSA) is 96.6 Å². The number of carbonyl (C=O) groups excluding carboxylic acids is 1. The number of nitrogens with zero attached hydrogens (tertiary/aromatic N) is 3. The number of amides is 1. The second-order valence-corrected chi connectivity index (χ2v) is 5.00. The molecule has 7 nitrogen and oxygen atoms in total. The first kappa shape index (κ1) is 12.6. The molecule has 0 bridgehead atoms. The van der Waals surface area contributed by atoms with E-state index in [0.29, 0.717) is 17.9 Å². The lowest BCUT2D eigenvalue weighted by atomic mass is 10.2. The highest BCUT2D eigenvalue weighted by molar-refractivity contribution is 5.89. The largest absolute Gasteiger partial charge is 0.481 e. The fraction of sp³-hybridized carbons (Fsp3) is 0.385. The van der Waals surface area contributed by atoms with Gasteiger partial charge < -0.3 is 10.4 Å². The number of hydrogen-bond donors (Lipinski definition) is 2. The fourth-order valence-electron chi connectivity index (χ4n) is 2.30. The number of aliphatic carboxylic acids is 1. The van der Waals surface area contributed by atoms with Crippen LogP contribution in [0.25, 0.3) is 5.65 Å². The number of fused-ring (bicyclic) bond motifs is 1. The molecule has 3 atom stereocenters. The average Bonchev–Trinajstić information content (AvgIpc) is 3.12. The minimum atomic E-state index is -0.911. The van der Waals surface area contributed by atoms with Crippen molar-refractivity contribution in [1.29, 1.82) is 0 Å². The van der Waals surface area contributed by atoms with Gasteiger partial charge in [-0.25, -0.2) is 0 Å². The zero-order valence-electron chi connectivity index (χ0n) is 10.9. The molecule has 1 aliphatic carbocycles. The zero-order valence-corrected chi connectivity index (χ0v) is 10.9. The highest BCUT2D eigenvalue weighted by Crippen LogP contribution is 2.39. The molecule has 2 aromatic heterocycles. The van der Waals surface area contributed by atoms with Crippen molar-refractivity contribution in [3.05, 3.63) is 30.2 Å². The Hall–Kier alpha value is -2.44. The minimum Gasteiger partial charge on any atom is -0.481 e. The number of rotatable bonds is 4. The van der Waals surface area contributed by atoms with Gasteiger partial charge in [0.15, 0.2) is 11.5 Å². The number of carbonyl (C=O) groups is 2. The van der Waals surface area contributed by atoms with Gasteiger partial charge in [0.25, 0.3) is 0 Å². The lowest BCUT2D eigenvalue weighted by molar-refractivity contribution is -0.140. The predicted molar refractivity (Wildman–Crippen MR) is 68.8 cm³/mol. The van der Waals surface area contributed by atoms with Crippen LogP contribution >= 0.6 is 0 Å². The average molecular weight is 274 g/mol. The Morgan fingerprint density at radius 3 is 2.90 bits per heavy atom. The maximum Gasteiger partial charge on any atom is 0.307 e. The summed E-state index contributed by atoms with van der Waals surface area (Å²) in [4.78, 5) is 22.7. The Morgan fingerprint density at radius 2 is 2.20 bits per heavy atom. The first-order valence-corrected chi connectivity index (χ1v) is 6.41. The van der Waals surface area contributed by atoms with Gasteiger partial charge in [0.2, 0.25) is 5.91 Å². The number of carboxylic acids is 1. The van der Waals surface area contributed by atoms with Crippen LogP contribution in [0.1, 0.15) is 25.2 Å². The van der Waals surface area contributed by atoms with Gasteiger partial charge in [0.05, 0.1) is 17.9 Å². The number of nitrogens with one attached hydrogen (secondary N) is 1. The monoisotopic (exact) mass is 274 g/mol. The third-order valence-corrected chi connectivity index (χ3v) is 3.53. The molecule has 0 saturated heterocycles. The molecule has 2 heterocycles. The smallest absolute Gasteiger partial charge is 0.307 e. The molecule has 3 rings (SSSR count). The van der Waals surface area contributed by atoms with Crippen LogP contribution in [0.4, 0.5) is 0 Å². The molecule has 0 aromatic carbocycles. The summed E-state index contributed by atoms with van der Waals surface area (Å²) in [7, 11) is 0. The van der Waals surface area contributed by atoms with Gasteiger partial charge in [-0.05, 0) is 25.5 Å². The van der Waals surface area contributed by atoms with Crippen LogP contribution in [0.5, 0.6) is 0 Å². The summed E-state index contributed by atoms with van der Waals surface area (Å²) in [5.41, 5.74) is 0.707. The SMILES string of the molecule is CC(NC(=O)[C@@H]1C[C@@H]1C(=O)O)c1nnc2ccccn12. The summed E-state index contributed by atoms with van der Waals surface area (Å²) in [6.07, 6.45) is 2.24. The Morgan fingerprint density at radius 1 is 1.40 bits per heavy atom. The molecule has 1 saturated carbocycles. The van der Waals surface area contributed by atoms with Gasteiger partial charge in [-0.1, -0.05) is 6.07 Å². The molecule has 104 valence electrons. The second kappa shape index (κ2) is 4.59. The zero-order chi connectivity index (χ0) is 14.3. The maximum absolute atomic E-state index is 11.9. The van der Waals surface area contributed by atoms with Crippen LogP contribution in [0.2, 0.25) is 0 Å². The van der Waals surface area contributed by atoms with E-state index >= 15 is 0 Å². The van der Waals surface area contributed by atoms with Gasteiger partial charge >= 0.3 is 5.97 Å². The molecule has 0 radical (unpaired) electrons. The molecule has 20 heavy (non-hydrogen) atoms. The summed E-state index contributed by atoms with van der Waals surface area (Å²) >= 11 is 0. The predicted octanol–water partition coefficient (Wildman–Crippen LogP) is 0.627. The molecule has 2 N–H and O–H groups in total. The molecule has 0 aliphatic heterocycles. The van der Waals surface area contributed by atoms with Gasteiger partial charge in [-0.15, -0.1) is 10.2 Å². The van der Waals surface area contributed by atoms with E-state index < -0.39 is 17.8 Å². The minimum absolute atomic E-state index is 0.238. The van der Waals surface area contributed by atoms with Crippen LogP contribution in [-0.4, -0.2) is 31.6 Å². The van der Waals surface area contributed by atoms with Crippen molar-refractivity contribution in [3.8, 4) is 0 Å². The molecule has 1 fully saturated rings. The molecule has 1 unspecified atom stereocenters. The molecule has 7 heteroatoms. The van der Waals surface area contributed by atoms with Crippen LogP contribution in [0.3, 0.4) is 0 Å². The fourth-order valence-corrected chi connectivity index (χ4v) is 2.30. The summed E-state index contributed by atoms with van der Waals surface area (Å²) in [6.45, 7) is 1.81. The Kier molecular flexibility index (Phi) is 2.89. The maximum atomic E-state index is 11.9. The van der Waals surface area contributed by atoms with Crippen molar-refractivity contribution in [2.45, 2.75) is 19.4 Å². The van der Waals surface area contributed by atoms with E-state index in [1.165, 1.54) is 0 Å². The molecule has 0 spiro atoms. The third kappa shape index (κ3) is 2.11. The highest BCUT2D eigenvalue weighted by atomic mass is 16.4. The number of aromatic nitrogens is 3. The van der Waals surface area contributed by atoms with Crippen LogP contribution in [0.15, 0.2) is 24.4 Å². The van der Waals surface area contributed by atoms with Crippen molar-refractivity contribution < 1.29 is 14.7 Å². The number of carboxylic acid groups (broad SMARTS) is 1. The lowest BCUT2D eigenvalue weighted by Gasteiger charge is -2.12. The van der Waals surface area contributed by atoms with Gasteiger partial charge in [0, 0.05) is 6.20 Å². The molecule has 1 aliphatic rings. The summed E-state index contributed by atoms with van der Waals surface area (Å²) in [6, 6.07) is 5.22. The molecular formula is C13H14N4O3. The quantitative estimate of drug-likeness (QED) is 0.852. The summed E-state index contributed by atoms with van der Waals surface area (Å²) in [5.74, 6) is -1.49. The van der Waals surface area contributed by atoms with Gasteiger partial charge in [-0.2, -0.15) is 0 Å². The van der Waals surface area contributed by atoms with Crippen molar-refractivity contribution in [2.24, 2.45) is 11.8 Å². The first-order valence-electron chi connectivity index (χ1n) is 6.41. The third-order valence-electron chi connectivity index (χ3n) is 3.53. The van der Waals surface area contributed by atoms with Crippen molar-refractivity contribution in [2.75, 3.05) is 0 Å².